The molecule has 1 aromatic carbocycles. The van der Waals surface area contributed by atoms with Gasteiger partial charge in [-0.2, -0.15) is 0 Å². The second-order valence-corrected chi connectivity index (χ2v) is 4.14. The average molecular weight is 220 g/mol. The summed E-state index contributed by atoms with van der Waals surface area (Å²) in [5, 5.41) is 5.79. The van der Waals surface area contributed by atoms with Crippen LogP contribution in [-0.4, -0.2) is 19.5 Å². The van der Waals surface area contributed by atoms with Gasteiger partial charge in [0.25, 0.3) is 0 Å². The van der Waals surface area contributed by atoms with Crippen molar-refractivity contribution in [3.8, 4) is 0 Å². The topological polar surface area (TPSA) is 41.1 Å². The summed E-state index contributed by atoms with van der Waals surface area (Å²) in [6, 6.07) is 6.57. The van der Waals surface area contributed by atoms with E-state index in [0.717, 1.165) is 0 Å². The first-order valence-electron chi connectivity index (χ1n) is 5.55. The number of likely N-dealkylation sites (N-methyl/N-ethyl adjacent to an activating group) is 1. The van der Waals surface area contributed by atoms with Gasteiger partial charge in [0, 0.05) is 13.1 Å². The van der Waals surface area contributed by atoms with Crippen molar-refractivity contribution in [3.63, 3.8) is 0 Å². The maximum Gasteiger partial charge on any atom is 0.233 e. The normalized spacial score (nSPS) is 12.2. The summed E-state index contributed by atoms with van der Waals surface area (Å²) in [5.74, 6) is 0.0108. The lowest BCUT2D eigenvalue weighted by atomic mass is 10.0. The number of rotatable bonds is 4. The molecule has 3 heteroatoms. The number of carbonyl (C=O) groups is 1. The number of aryl methyl sites for hydroxylation is 2. The maximum atomic E-state index is 11.1. The van der Waals surface area contributed by atoms with Crippen molar-refractivity contribution in [1.29, 1.82) is 0 Å². The Balaban J connectivity index is 2.65. The molecule has 2 N–H and O–H groups in total. The zero-order valence-corrected chi connectivity index (χ0v) is 10.4. The van der Waals surface area contributed by atoms with Crippen LogP contribution >= 0.6 is 0 Å². The fraction of sp³-hybridized carbons (Fsp3) is 0.462. The lowest BCUT2D eigenvalue weighted by molar-refractivity contribution is -0.119. The van der Waals surface area contributed by atoms with Gasteiger partial charge >= 0.3 is 0 Å². The molecule has 0 saturated heterocycles. The van der Waals surface area contributed by atoms with Gasteiger partial charge in [-0.3, -0.25) is 4.79 Å². The van der Waals surface area contributed by atoms with Crippen LogP contribution < -0.4 is 10.6 Å². The third kappa shape index (κ3) is 3.35. The molecule has 16 heavy (non-hydrogen) atoms. The Kier molecular flexibility index (Phi) is 4.50. The molecule has 0 radical (unpaired) electrons. The highest BCUT2D eigenvalue weighted by Gasteiger charge is 2.08. The zero-order chi connectivity index (χ0) is 12.1. The molecule has 88 valence electrons. The van der Waals surface area contributed by atoms with Gasteiger partial charge in [-0.25, -0.2) is 0 Å². The third-order valence-corrected chi connectivity index (χ3v) is 2.74. The number of amides is 1. The predicted molar refractivity (Wildman–Crippen MR) is 66.4 cm³/mol. The van der Waals surface area contributed by atoms with Crippen LogP contribution in [0.4, 0.5) is 0 Å². The lowest BCUT2D eigenvalue weighted by Gasteiger charge is -2.16. The Bertz CT molecular complexity index is 374. The van der Waals surface area contributed by atoms with Gasteiger partial charge in [-0.05, 0) is 31.9 Å². The fourth-order valence-electron chi connectivity index (χ4n) is 1.76. The van der Waals surface area contributed by atoms with Gasteiger partial charge in [0.2, 0.25) is 5.91 Å². The third-order valence-electron chi connectivity index (χ3n) is 2.74. The Morgan fingerprint density at radius 2 is 2.06 bits per heavy atom. The van der Waals surface area contributed by atoms with Crippen molar-refractivity contribution in [3.05, 3.63) is 34.9 Å². The van der Waals surface area contributed by atoms with E-state index in [1.807, 2.05) is 0 Å². The molecule has 0 bridgehead atoms. The summed E-state index contributed by atoms with van der Waals surface area (Å²) in [4.78, 5) is 11.1. The second kappa shape index (κ2) is 5.66. The first-order chi connectivity index (χ1) is 7.54. The first-order valence-corrected chi connectivity index (χ1v) is 5.55. The Morgan fingerprint density at radius 3 is 2.62 bits per heavy atom. The molecule has 1 aromatic rings. The number of hydrogen-bond donors (Lipinski definition) is 2. The quantitative estimate of drug-likeness (QED) is 0.811. The minimum atomic E-state index is 0.0108. The minimum Gasteiger partial charge on any atom is -0.358 e. The van der Waals surface area contributed by atoms with Gasteiger partial charge in [0.05, 0.1) is 6.54 Å². The molecule has 1 atom stereocenters. The summed E-state index contributed by atoms with van der Waals surface area (Å²) in [5.41, 5.74) is 3.77. The molecule has 1 amide bonds. The van der Waals surface area contributed by atoms with Crippen molar-refractivity contribution in [2.45, 2.75) is 26.8 Å². The van der Waals surface area contributed by atoms with Crippen LogP contribution in [0.5, 0.6) is 0 Å². The fourth-order valence-corrected chi connectivity index (χ4v) is 1.76. The first kappa shape index (κ1) is 12.7. The van der Waals surface area contributed by atoms with Gasteiger partial charge in [-0.1, -0.05) is 23.8 Å². The Hall–Kier alpha value is -1.35. The zero-order valence-electron chi connectivity index (χ0n) is 10.4. The lowest BCUT2D eigenvalue weighted by Crippen LogP contribution is -2.33. The van der Waals surface area contributed by atoms with Crippen molar-refractivity contribution in [2.75, 3.05) is 13.6 Å². The number of benzene rings is 1. The van der Waals surface area contributed by atoms with Gasteiger partial charge < -0.3 is 10.6 Å². The molecule has 0 fully saturated rings. The molecular weight excluding hydrogens is 200 g/mol. The summed E-state index contributed by atoms with van der Waals surface area (Å²) in [6.45, 7) is 6.60. The van der Waals surface area contributed by atoms with Crippen molar-refractivity contribution >= 4 is 5.91 Å². The Morgan fingerprint density at radius 1 is 1.38 bits per heavy atom. The summed E-state index contributed by atoms with van der Waals surface area (Å²) in [7, 11) is 1.64. The smallest absolute Gasteiger partial charge is 0.233 e. The predicted octanol–water partition coefficient (Wildman–Crippen LogP) is 1.70. The van der Waals surface area contributed by atoms with E-state index in [4.69, 9.17) is 0 Å². The largest absolute Gasteiger partial charge is 0.358 e. The van der Waals surface area contributed by atoms with Crippen LogP contribution in [0.25, 0.3) is 0 Å². The highest BCUT2D eigenvalue weighted by Crippen LogP contribution is 2.18. The molecule has 0 spiro atoms. The van der Waals surface area contributed by atoms with E-state index in [0.29, 0.717) is 6.54 Å². The Labute approximate surface area is 97.2 Å². The average Bonchev–Trinajstić information content (AvgIpc) is 2.25. The van der Waals surface area contributed by atoms with E-state index in [1.54, 1.807) is 7.05 Å². The van der Waals surface area contributed by atoms with Gasteiger partial charge in [-0.15, -0.1) is 0 Å². The van der Waals surface area contributed by atoms with Crippen LogP contribution in [-0.2, 0) is 4.79 Å². The van der Waals surface area contributed by atoms with Crippen LogP contribution in [0.2, 0.25) is 0 Å². The van der Waals surface area contributed by atoms with Crippen molar-refractivity contribution < 1.29 is 4.79 Å². The number of hydrogen-bond acceptors (Lipinski definition) is 2. The molecule has 0 aliphatic heterocycles. The van der Waals surface area contributed by atoms with Crippen LogP contribution in [0.1, 0.15) is 29.7 Å². The molecule has 0 aliphatic rings. The molecule has 0 aliphatic carbocycles. The van der Waals surface area contributed by atoms with Crippen LogP contribution in [0, 0.1) is 13.8 Å². The second-order valence-electron chi connectivity index (χ2n) is 4.14. The van der Waals surface area contributed by atoms with E-state index in [-0.39, 0.29) is 11.9 Å². The standard InChI is InChI=1S/C13H20N2O/c1-9-5-6-12(10(2)7-9)11(3)15-8-13(16)14-4/h5-7,11,15H,8H2,1-4H3,(H,14,16). The van der Waals surface area contributed by atoms with E-state index >= 15 is 0 Å². The maximum absolute atomic E-state index is 11.1. The SMILES string of the molecule is CNC(=O)CNC(C)c1ccc(C)cc1C. The van der Waals surface area contributed by atoms with E-state index in [1.165, 1.54) is 16.7 Å². The molecule has 3 nitrogen and oxygen atoms in total. The van der Waals surface area contributed by atoms with Gasteiger partial charge in [0.15, 0.2) is 0 Å². The number of nitrogens with one attached hydrogen (secondary N) is 2. The van der Waals surface area contributed by atoms with Gasteiger partial charge in [0.1, 0.15) is 0 Å². The van der Waals surface area contributed by atoms with Crippen LogP contribution in [0.15, 0.2) is 18.2 Å². The molecule has 1 rings (SSSR count). The summed E-state index contributed by atoms with van der Waals surface area (Å²) >= 11 is 0. The van der Waals surface area contributed by atoms with Crippen molar-refractivity contribution in [1.82, 2.24) is 10.6 Å². The van der Waals surface area contributed by atoms with Crippen molar-refractivity contribution in [2.24, 2.45) is 0 Å². The summed E-state index contributed by atoms with van der Waals surface area (Å²) in [6.07, 6.45) is 0. The van der Waals surface area contributed by atoms with E-state index < -0.39 is 0 Å². The molecule has 1 unspecified atom stereocenters. The summed E-state index contributed by atoms with van der Waals surface area (Å²) < 4.78 is 0. The number of carbonyl (C=O) groups excluding carboxylic acids is 1. The highest BCUT2D eigenvalue weighted by atomic mass is 16.1. The van der Waals surface area contributed by atoms with E-state index in [2.05, 4.69) is 49.6 Å². The highest BCUT2D eigenvalue weighted by molar-refractivity contribution is 5.77. The molecule has 0 saturated carbocycles. The molecule has 0 heterocycles. The molecule has 0 aromatic heterocycles. The minimum absolute atomic E-state index is 0.0108. The monoisotopic (exact) mass is 220 g/mol. The van der Waals surface area contributed by atoms with Crippen LogP contribution in [0.3, 0.4) is 0 Å². The van der Waals surface area contributed by atoms with E-state index in [9.17, 15) is 4.79 Å². The molecular formula is C13H20N2O.